The Balaban J connectivity index is -0.000000640. The molecule has 0 spiro atoms. The Labute approximate surface area is 214 Å². The molecule has 1 saturated carbocycles. The van der Waals surface area contributed by atoms with Gasteiger partial charge in [-0.3, -0.25) is 0 Å². The molecular weight excluding hydrogens is 552 g/mol. The Hall–Kier alpha value is 3.55. The van der Waals surface area contributed by atoms with Gasteiger partial charge in [-0.1, -0.05) is 19.4 Å². The van der Waals surface area contributed by atoms with Crippen molar-refractivity contribution in [3.05, 3.63) is 11.6 Å². The molecule has 19 heavy (non-hydrogen) atoms. The summed E-state index contributed by atoms with van der Waals surface area (Å²) in [6.07, 6.45) is 2.97. The maximum Gasteiger partial charge on any atom is 0.338 e. The van der Waals surface area contributed by atoms with Crippen molar-refractivity contribution in [2.24, 2.45) is 0 Å². The molecule has 2 rings (SSSR count). The van der Waals surface area contributed by atoms with E-state index in [2.05, 4.69) is 0 Å². The van der Waals surface area contributed by atoms with E-state index in [0.717, 1.165) is 18.4 Å². The topological polar surface area (TPSA) is 66.8 Å². The quantitative estimate of drug-likeness (QED) is 0.377. The SMILES string of the molecule is CCC/C=C1/[C@H](O)C[C@]2(O)C[C@H]1OC2=O.[Y].[Y].[Y].[Y]. The number of fused-ring (bicyclic) bond motifs is 2. The number of unbranched alkanes of at least 4 members (excludes halogenated alkanes) is 1. The zero-order valence-electron chi connectivity index (χ0n) is 11.1. The molecule has 0 aromatic carbocycles. The predicted octanol–water partition coefficient (Wildman–Crippen LogP) is 0.514. The summed E-state index contributed by atoms with van der Waals surface area (Å²) >= 11 is 0. The normalized spacial score (nSPS) is 33.2. The molecule has 0 aromatic rings. The van der Waals surface area contributed by atoms with Crippen LogP contribution in [0.15, 0.2) is 11.6 Å². The van der Waals surface area contributed by atoms with Crippen LogP contribution in [-0.2, 0) is 140 Å². The molecule has 8 heteroatoms. The summed E-state index contributed by atoms with van der Waals surface area (Å²) in [4.78, 5) is 11.3. The number of rotatable bonds is 2. The number of esters is 1. The smallest absolute Gasteiger partial charge is 0.338 e. The molecule has 1 heterocycles. The van der Waals surface area contributed by atoms with Gasteiger partial charge in [-0.25, -0.2) is 4.79 Å². The maximum absolute atomic E-state index is 11.3. The van der Waals surface area contributed by atoms with Gasteiger partial charge in [0.1, 0.15) is 6.10 Å². The molecule has 0 aromatic heterocycles. The van der Waals surface area contributed by atoms with Crippen LogP contribution in [0.25, 0.3) is 0 Å². The third kappa shape index (κ3) is 6.51. The summed E-state index contributed by atoms with van der Waals surface area (Å²) < 4.78 is 5.05. The van der Waals surface area contributed by atoms with E-state index in [4.69, 9.17) is 4.74 Å². The monoisotopic (exact) mass is 568 g/mol. The summed E-state index contributed by atoms with van der Waals surface area (Å²) in [7, 11) is 0. The number of hydrogen-bond donors (Lipinski definition) is 2. The fraction of sp³-hybridized carbons (Fsp3) is 0.727. The standard InChI is InChI=1S/C11H16O4.4Y/c1-2-3-4-7-8(12)5-11(14)6-9(7)15-10(11)13;;;;/h4,8-9,12,14H,2-3,5-6H2,1H3;;;;/b7-4-;;;;/t8-,9-,11+;;;;/m1..../s1. The molecule has 2 bridgehead atoms. The Morgan fingerprint density at radius 3 is 2.42 bits per heavy atom. The summed E-state index contributed by atoms with van der Waals surface area (Å²) in [6, 6.07) is 0. The molecule has 2 N–H and O–H groups in total. The van der Waals surface area contributed by atoms with Gasteiger partial charge in [0.2, 0.25) is 0 Å². The van der Waals surface area contributed by atoms with E-state index >= 15 is 0 Å². The van der Waals surface area contributed by atoms with Gasteiger partial charge in [0.15, 0.2) is 5.60 Å². The van der Waals surface area contributed by atoms with Gasteiger partial charge >= 0.3 is 5.97 Å². The minimum Gasteiger partial charge on any atom is -0.455 e. The number of allylic oxidation sites excluding steroid dienone is 1. The van der Waals surface area contributed by atoms with Crippen LogP contribution in [0, 0.1) is 0 Å². The third-order valence-electron chi connectivity index (χ3n) is 3.11. The van der Waals surface area contributed by atoms with Gasteiger partial charge in [0.25, 0.3) is 0 Å². The van der Waals surface area contributed by atoms with Gasteiger partial charge in [-0.05, 0) is 12.0 Å². The zero-order valence-corrected chi connectivity index (χ0v) is 22.4. The summed E-state index contributed by atoms with van der Waals surface area (Å²) in [5, 5.41) is 19.6. The molecule has 2 fully saturated rings. The van der Waals surface area contributed by atoms with Crippen LogP contribution in [0.4, 0.5) is 0 Å². The Morgan fingerprint density at radius 2 is 1.89 bits per heavy atom. The molecule has 4 radical (unpaired) electrons. The summed E-state index contributed by atoms with van der Waals surface area (Å²) in [5.41, 5.74) is -0.694. The molecule has 1 saturated heterocycles. The molecule has 4 nitrogen and oxygen atoms in total. The minimum absolute atomic E-state index is 0. The average molecular weight is 568 g/mol. The first kappa shape index (κ1) is 27.4. The van der Waals surface area contributed by atoms with E-state index in [1.165, 1.54) is 0 Å². The van der Waals surface area contributed by atoms with E-state index in [1.807, 2.05) is 13.0 Å². The fourth-order valence-electron chi connectivity index (χ4n) is 2.25. The number of ether oxygens (including phenoxy) is 1. The van der Waals surface area contributed by atoms with Crippen LogP contribution in [0.5, 0.6) is 0 Å². The van der Waals surface area contributed by atoms with Gasteiger partial charge in [-0.15, -0.1) is 0 Å². The van der Waals surface area contributed by atoms with Crippen LogP contribution in [-0.4, -0.2) is 34.0 Å². The predicted molar refractivity (Wildman–Crippen MR) is 53.1 cm³/mol. The molecule has 0 unspecified atom stereocenters. The average Bonchev–Trinajstić information content (AvgIpc) is 2.39. The van der Waals surface area contributed by atoms with Crippen molar-refractivity contribution in [1.82, 2.24) is 0 Å². The summed E-state index contributed by atoms with van der Waals surface area (Å²) in [5.74, 6) is -0.591. The van der Waals surface area contributed by atoms with Crippen molar-refractivity contribution in [1.29, 1.82) is 0 Å². The molecule has 1 aliphatic heterocycles. The van der Waals surface area contributed by atoms with Crippen molar-refractivity contribution < 1.29 is 151 Å². The van der Waals surface area contributed by atoms with Crippen molar-refractivity contribution in [2.75, 3.05) is 0 Å². The van der Waals surface area contributed by atoms with Crippen LogP contribution in [0.1, 0.15) is 32.6 Å². The van der Waals surface area contributed by atoms with E-state index in [-0.39, 0.29) is 137 Å². The first-order chi connectivity index (χ1) is 7.07. The van der Waals surface area contributed by atoms with Crippen LogP contribution < -0.4 is 0 Å². The largest absolute Gasteiger partial charge is 0.455 e. The third-order valence-corrected chi connectivity index (χ3v) is 3.11. The number of hydrogen-bond acceptors (Lipinski definition) is 4. The maximum atomic E-state index is 11.3. The van der Waals surface area contributed by atoms with E-state index in [1.54, 1.807) is 0 Å². The Kier molecular flexibility index (Phi) is 17.3. The fourth-order valence-corrected chi connectivity index (χ4v) is 2.25. The summed E-state index contributed by atoms with van der Waals surface area (Å²) in [6.45, 7) is 2.04. The van der Waals surface area contributed by atoms with Gasteiger partial charge in [0.05, 0.1) is 6.10 Å². The molecule has 96 valence electrons. The van der Waals surface area contributed by atoms with Crippen molar-refractivity contribution in [3.8, 4) is 0 Å². The molecule has 0 amide bonds. The Morgan fingerprint density at radius 1 is 1.32 bits per heavy atom. The number of aliphatic hydroxyl groups is 2. The van der Waals surface area contributed by atoms with E-state index < -0.39 is 23.8 Å². The number of aliphatic hydroxyl groups excluding tert-OH is 1. The van der Waals surface area contributed by atoms with Gasteiger partial charge in [0, 0.05) is 144 Å². The van der Waals surface area contributed by atoms with Crippen LogP contribution >= 0.6 is 0 Å². The first-order valence-electron chi connectivity index (χ1n) is 5.38. The van der Waals surface area contributed by atoms with E-state index in [0.29, 0.717) is 6.42 Å². The van der Waals surface area contributed by atoms with Crippen molar-refractivity contribution >= 4 is 5.97 Å². The zero-order chi connectivity index (χ0) is 11.1. The van der Waals surface area contributed by atoms with E-state index in [9.17, 15) is 15.0 Å². The first-order valence-corrected chi connectivity index (χ1v) is 5.38. The second kappa shape index (κ2) is 12.0. The molecule has 3 atom stereocenters. The molecule has 2 aliphatic rings. The van der Waals surface area contributed by atoms with Crippen molar-refractivity contribution in [2.45, 2.75) is 50.4 Å². The number of carbonyl (C=O) groups is 1. The Bertz CT molecular complexity index is 324. The van der Waals surface area contributed by atoms with Gasteiger partial charge in [-0.2, -0.15) is 0 Å². The van der Waals surface area contributed by atoms with Crippen LogP contribution in [0.3, 0.4) is 0 Å². The van der Waals surface area contributed by atoms with Gasteiger partial charge < -0.3 is 14.9 Å². The minimum atomic E-state index is -1.45. The second-order valence-corrected chi connectivity index (χ2v) is 4.34. The van der Waals surface area contributed by atoms with Crippen LogP contribution in [0.2, 0.25) is 0 Å². The molecular formula is C11H16O4Y4. The molecule has 1 aliphatic carbocycles. The number of carbonyl (C=O) groups excluding carboxylic acids is 1. The van der Waals surface area contributed by atoms with Crippen molar-refractivity contribution in [3.63, 3.8) is 0 Å². The second-order valence-electron chi connectivity index (χ2n) is 4.34.